The van der Waals surface area contributed by atoms with E-state index in [1.165, 1.54) is 4.57 Å². The lowest BCUT2D eigenvalue weighted by atomic mass is 10.0. The molecule has 1 aliphatic heterocycles. The van der Waals surface area contributed by atoms with Crippen LogP contribution in [-0.2, 0) is 23.0 Å². The van der Waals surface area contributed by atoms with E-state index in [-0.39, 0.29) is 11.7 Å². The van der Waals surface area contributed by atoms with Crippen molar-refractivity contribution in [1.82, 2.24) is 15.2 Å². The Hall–Kier alpha value is -3.45. The molecule has 1 saturated heterocycles. The van der Waals surface area contributed by atoms with Crippen LogP contribution in [0.3, 0.4) is 0 Å². The summed E-state index contributed by atoms with van der Waals surface area (Å²) in [6, 6.07) is 15.5. The predicted molar refractivity (Wildman–Crippen MR) is 131 cm³/mol. The number of ether oxygens (including phenoxy) is 1. The second kappa shape index (κ2) is 9.43. The van der Waals surface area contributed by atoms with Crippen molar-refractivity contribution in [3.63, 3.8) is 0 Å². The molecule has 5 rings (SSSR count). The molecule has 0 aliphatic carbocycles. The number of nitrogens with one attached hydrogen (secondary N) is 2. The lowest BCUT2D eigenvalue weighted by Gasteiger charge is -2.17. The van der Waals surface area contributed by atoms with E-state index < -0.39 is 12.1 Å². The zero-order valence-electron chi connectivity index (χ0n) is 18.7. The number of thiophene rings is 1. The molecule has 1 amide bonds. The monoisotopic (exact) mass is 476 g/mol. The van der Waals surface area contributed by atoms with Gasteiger partial charge in [-0.25, -0.2) is 4.79 Å². The van der Waals surface area contributed by atoms with Gasteiger partial charge in [0, 0.05) is 36.2 Å². The smallest absolute Gasteiger partial charge is 0.408 e. The minimum absolute atomic E-state index is 0.256. The molecule has 3 heterocycles. The van der Waals surface area contributed by atoms with Gasteiger partial charge in [0.2, 0.25) is 0 Å². The Kier molecular flexibility index (Phi) is 6.20. The molecule has 174 valence electrons. The van der Waals surface area contributed by atoms with Crippen molar-refractivity contribution in [3.8, 4) is 17.2 Å². The average molecular weight is 477 g/mol. The topological polar surface area (TPSA) is 109 Å². The molecule has 34 heavy (non-hydrogen) atoms. The average Bonchev–Trinajstić information content (AvgIpc) is 3.22. The third-order valence-corrected chi connectivity index (χ3v) is 7.13. The second-order valence-electron chi connectivity index (χ2n) is 8.39. The van der Waals surface area contributed by atoms with Crippen LogP contribution in [0.5, 0.6) is 0 Å². The van der Waals surface area contributed by atoms with E-state index >= 15 is 0 Å². The van der Waals surface area contributed by atoms with Crippen LogP contribution < -0.4 is 16.4 Å². The molecule has 0 saturated carbocycles. The van der Waals surface area contributed by atoms with E-state index in [0.29, 0.717) is 25.2 Å². The number of aromatic nitrogens is 1. The Morgan fingerprint density at radius 3 is 2.97 bits per heavy atom. The fourth-order valence-electron chi connectivity index (χ4n) is 4.15. The molecule has 8 nitrogen and oxygen atoms in total. The number of hydrogen-bond donors (Lipinski definition) is 2. The number of oxazole rings is 1. The molecule has 1 aliphatic rings. The molecule has 4 aromatic rings. The molecule has 2 aromatic heterocycles. The fourth-order valence-corrected chi connectivity index (χ4v) is 5.30. The van der Waals surface area contributed by atoms with E-state index in [1.807, 2.05) is 30.3 Å². The Labute approximate surface area is 199 Å². The lowest BCUT2D eigenvalue weighted by molar-refractivity contribution is -0.132. The summed E-state index contributed by atoms with van der Waals surface area (Å²) in [5.74, 6) is -0.639. The second-order valence-corrected chi connectivity index (χ2v) is 9.55. The highest BCUT2D eigenvalue weighted by Crippen LogP contribution is 2.32. The van der Waals surface area contributed by atoms with Crippen molar-refractivity contribution in [2.45, 2.75) is 25.0 Å². The zero-order chi connectivity index (χ0) is 23.7. The number of carbonyl (C=O) groups excluding carboxylic acids is 1. The number of nitriles is 1. The van der Waals surface area contributed by atoms with Gasteiger partial charge in [-0.15, -0.1) is 11.3 Å². The van der Waals surface area contributed by atoms with E-state index in [9.17, 15) is 14.9 Å². The maximum absolute atomic E-state index is 12.6. The molecular weight excluding hydrogens is 452 g/mol. The third kappa shape index (κ3) is 4.48. The number of hydrogen-bond acceptors (Lipinski definition) is 7. The molecule has 2 aromatic carbocycles. The van der Waals surface area contributed by atoms with Crippen molar-refractivity contribution in [1.29, 1.82) is 5.26 Å². The molecular formula is C25H24N4O4S. The summed E-state index contributed by atoms with van der Waals surface area (Å²) >= 11 is 1.61. The molecule has 0 radical (unpaired) electrons. The largest absolute Gasteiger partial charge is 0.419 e. The molecule has 2 atom stereocenters. The third-order valence-electron chi connectivity index (χ3n) is 6.01. The molecule has 9 heteroatoms. The van der Waals surface area contributed by atoms with Crippen LogP contribution in [0.2, 0.25) is 0 Å². The highest BCUT2D eigenvalue weighted by molar-refractivity contribution is 7.19. The Balaban J connectivity index is 1.34. The van der Waals surface area contributed by atoms with Gasteiger partial charge in [-0.1, -0.05) is 18.2 Å². The molecule has 0 spiro atoms. The summed E-state index contributed by atoms with van der Waals surface area (Å²) in [6.45, 7) is 1.81. The molecule has 1 unspecified atom stereocenters. The first-order chi connectivity index (χ1) is 16.5. The van der Waals surface area contributed by atoms with Crippen molar-refractivity contribution >= 4 is 38.4 Å². The van der Waals surface area contributed by atoms with Gasteiger partial charge in [0.25, 0.3) is 5.91 Å². The first-order valence-electron chi connectivity index (χ1n) is 11.2. The van der Waals surface area contributed by atoms with Crippen LogP contribution >= 0.6 is 11.3 Å². The number of amides is 1. The summed E-state index contributed by atoms with van der Waals surface area (Å²) in [6.07, 6.45) is 0.721. The number of carbonyl (C=O) groups is 1. The Morgan fingerprint density at radius 2 is 2.12 bits per heavy atom. The van der Waals surface area contributed by atoms with E-state index in [0.717, 1.165) is 44.6 Å². The normalized spacial score (nSPS) is 17.4. The summed E-state index contributed by atoms with van der Waals surface area (Å²) in [4.78, 5) is 25.4. The van der Waals surface area contributed by atoms with Gasteiger partial charge < -0.3 is 19.8 Å². The number of nitrogens with zero attached hydrogens (tertiary/aromatic N) is 2. The number of rotatable bonds is 5. The van der Waals surface area contributed by atoms with Gasteiger partial charge in [0.1, 0.15) is 12.1 Å². The van der Waals surface area contributed by atoms with Gasteiger partial charge in [-0.05, 0) is 53.7 Å². The van der Waals surface area contributed by atoms with Crippen LogP contribution in [0.25, 0.3) is 32.3 Å². The number of aryl methyl sites for hydroxylation is 1. The first kappa shape index (κ1) is 22.3. The molecule has 1 fully saturated rings. The maximum Gasteiger partial charge on any atom is 0.419 e. The van der Waals surface area contributed by atoms with Crippen molar-refractivity contribution in [2.75, 3.05) is 19.7 Å². The molecule has 0 bridgehead atoms. The van der Waals surface area contributed by atoms with Crippen LogP contribution in [0.1, 0.15) is 11.3 Å². The lowest BCUT2D eigenvalue weighted by Crippen LogP contribution is -2.46. The Bertz CT molecular complexity index is 1450. The van der Waals surface area contributed by atoms with Gasteiger partial charge in [0.15, 0.2) is 5.58 Å². The highest BCUT2D eigenvalue weighted by atomic mass is 32.1. The standard InChI is InChI=1S/C25H24N4O4S/c1-29-20-10-15(5-6-21(20)33-25(29)31)16-3-4-17-9-19(34-23(17)11-16)12-18(13-26)28-24(30)22-14-27-7-2-8-32-22/h3-6,9-11,18,22,27H,2,7-8,12,14H2,1H3,(H,28,30)/t18?,22-/m0/s1. The van der Waals surface area contributed by atoms with E-state index in [4.69, 9.17) is 9.15 Å². The number of fused-ring (bicyclic) bond motifs is 2. The van der Waals surface area contributed by atoms with Crippen molar-refractivity contribution < 1.29 is 13.9 Å². The van der Waals surface area contributed by atoms with E-state index in [2.05, 4.69) is 28.8 Å². The minimum atomic E-state index is -0.628. The predicted octanol–water partition coefficient (Wildman–Crippen LogP) is 2.94. The van der Waals surface area contributed by atoms with Crippen LogP contribution in [0.15, 0.2) is 51.7 Å². The van der Waals surface area contributed by atoms with Crippen molar-refractivity contribution in [3.05, 3.63) is 57.9 Å². The Morgan fingerprint density at radius 1 is 1.29 bits per heavy atom. The molecule has 2 N–H and O–H groups in total. The van der Waals surface area contributed by atoms with Crippen LogP contribution in [-0.4, -0.2) is 42.3 Å². The van der Waals surface area contributed by atoms with Crippen molar-refractivity contribution in [2.24, 2.45) is 7.05 Å². The summed E-state index contributed by atoms with van der Waals surface area (Å²) < 4.78 is 13.4. The quantitative estimate of drug-likeness (QED) is 0.458. The fraction of sp³-hybridized carbons (Fsp3) is 0.320. The maximum atomic E-state index is 12.6. The van der Waals surface area contributed by atoms with Gasteiger partial charge >= 0.3 is 5.76 Å². The SMILES string of the molecule is Cn1c(=O)oc2ccc(-c3ccc4cc(CC(C#N)NC(=O)[C@@H]5CNCCCO5)sc4c3)cc21. The first-order valence-corrected chi connectivity index (χ1v) is 12.0. The minimum Gasteiger partial charge on any atom is -0.408 e. The highest BCUT2D eigenvalue weighted by Gasteiger charge is 2.23. The van der Waals surface area contributed by atoms with E-state index in [1.54, 1.807) is 18.4 Å². The summed E-state index contributed by atoms with van der Waals surface area (Å²) in [7, 11) is 1.69. The van der Waals surface area contributed by atoms with Gasteiger partial charge in [0.05, 0.1) is 11.6 Å². The van der Waals surface area contributed by atoms with Gasteiger partial charge in [-0.2, -0.15) is 5.26 Å². The summed E-state index contributed by atoms with van der Waals surface area (Å²) in [5, 5.41) is 16.7. The summed E-state index contributed by atoms with van der Waals surface area (Å²) in [5.41, 5.74) is 3.32. The number of benzene rings is 2. The van der Waals surface area contributed by atoms with Gasteiger partial charge in [-0.3, -0.25) is 9.36 Å². The zero-order valence-corrected chi connectivity index (χ0v) is 19.5. The van der Waals surface area contributed by atoms with Crippen LogP contribution in [0, 0.1) is 11.3 Å². The van der Waals surface area contributed by atoms with Crippen LogP contribution in [0.4, 0.5) is 0 Å².